The zero-order valence-corrected chi connectivity index (χ0v) is 16.9. The number of benzene rings is 2. The molecule has 0 spiro atoms. The van der Waals surface area contributed by atoms with Crippen LogP contribution in [0.4, 0.5) is 0 Å². The van der Waals surface area contributed by atoms with Gasteiger partial charge < -0.3 is 0 Å². The second kappa shape index (κ2) is 4.76. The monoisotopic (exact) mass is 390 g/mol. The van der Waals surface area contributed by atoms with Crippen LogP contribution in [0.1, 0.15) is 55.9 Å². The van der Waals surface area contributed by atoms with E-state index < -0.39 is 0 Å². The van der Waals surface area contributed by atoms with Gasteiger partial charge in [0.1, 0.15) is 0 Å². The van der Waals surface area contributed by atoms with Crippen LogP contribution >= 0.6 is 15.9 Å². The van der Waals surface area contributed by atoms with Crippen molar-refractivity contribution in [3.05, 3.63) is 80.3 Å². The summed E-state index contributed by atoms with van der Waals surface area (Å²) in [7, 11) is 0. The summed E-state index contributed by atoms with van der Waals surface area (Å²) in [6.45, 7) is 9.77. The Bertz CT molecular complexity index is 985. The van der Waals surface area contributed by atoms with Crippen LogP contribution in [0.5, 0.6) is 0 Å². The predicted molar refractivity (Wildman–Crippen MR) is 109 cm³/mol. The molecule has 1 atom stereocenters. The van der Waals surface area contributed by atoms with Crippen molar-refractivity contribution in [2.24, 2.45) is 10.8 Å². The molecule has 0 saturated carbocycles. The van der Waals surface area contributed by atoms with E-state index in [2.05, 4.69) is 92.2 Å². The van der Waals surface area contributed by atoms with E-state index in [0.717, 1.165) is 6.42 Å². The zero-order valence-electron chi connectivity index (χ0n) is 15.3. The fourth-order valence-corrected chi connectivity index (χ4v) is 5.96. The van der Waals surface area contributed by atoms with E-state index in [9.17, 15) is 0 Å². The summed E-state index contributed by atoms with van der Waals surface area (Å²) in [6.07, 6.45) is 3.57. The van der Waals surface area contributed by atoms with E-state index in [0.29, 0.717) is 5.92 Å². The maximum atomic E-state index is 3.69. The van der Waals surface area contributed by atoms with Gasteiger partial charge in [0, 0.05) is 15.8 Å². The molecular formula is C24H23Br. The van der Waals surface area contributed by atoms with E-state index in [1.165, 1.54) is 26.7 Å². The Morgan fingerprint density at radius 1 is 1.00 bits per heavy atom. The number of rotatable bonds is 0. The van der Waals surface area contributed by atoms with Gasteiger partial charge in [0.15, 0.2) is 0 Å². The molecule has 1 unspecified atom stereocenters. The molecule has 0 N–H and O–H groups in total. The van der Waals surface area contributed by atoms with Crippen molar-refractivity contribution in [3.63, 3.8) is 0 Å². The molecule has 1 heteroatoms. The van der Waals surface area contributed by atoms with E-state index in [-0.39, 0.29) is 10.8 Å². The first kappa shape index (κ1) is 15.6. The molecule has 126 valence electrons. The van der Waals surface area contributed by atoms with Crippen LogP contribution in [0.2, 0.25) is 0 Å². The standard InChI is InChI=1S/C24H23Br/c1-23(2)20-12-15-9-10-16(25)13-18(15)22(20)24(3,4)19-11-14-7-5-6-8-17(14)21(19)23/h5-11,13,21H,12H2,1-4H3. The summed E-state index contributed by atoms with van der Waals surface area (Å²) in [4.78, 5) is 0. The number of fused-ring (bicyclic) bond motifs is 5. The topological polar surface area (TPSA) is 0 Å². The van der Waals surface area contributed by atoms with E-state index in [1.54, 1.807) is 16.7 Å². The highest BCUT2D eigenvalue weighted by Crippen LogP contribution is 2.67. The molecule has 0 aromatic heterocycles. The van der Waals surface area contributed by atoms with Gasteiger partial charge in [-0.1, -0.05) is 91.2 Å². The number of hydrogen-bond donors (Lipinski definition) is 0. The van der Waals surface area contributed by atoms with Gasteiger partial charge in [-0.15, -0.1) is 0 Å². The van der Waals surface area contributed by atoms with Crippen molar-refractivity contribution < 1.29 is 0 Å². The molecule has 3 aliphatic rings. The lowest BCUT2D eigenvalue weighted by atomic mass is 9.55. The molecule has 3 aliphatic carbocycles. The minimum atomic E-state index is 0.0700. The maximum absolute atomic E-state index is 3.69. The molecule has 2 aromatic rings. The van der Waals surface area contributed by atoms with Gasteiger partial charge in [0.25, 0.3) is 0 Å². The molecule has 0 amide bonds. The Morgan fingerprint density at radius 3 is 2.56 bits per heavy atom. The Kier molecular flexibility index (Phi) is 2.98. The van der Waals surface area contributed by atoms with Crippen LogP contribution in [0.15, 0.2) is 58.1 Å². The van der Waals surface area contributed by atoms with Crippen molar-refractivity contribution in [2.75, 3.05) is 0 Å². The molecule has 0 aliphatic heterocycles. The summed E-state index contributed by atoms with van der Waals surface area (Å²) >= 11 is 3.69. The van der Waals surface area contributed by atoms with Gasteiger partial charge in [-0.2, -0.15) is 0 Å². The second-order valence-electron chi connectivity index (χ2n) is 8.84. The number of hydrogen-bond acceptors (Lipinski definition) is 0. The fraction of sp³-hybridized carbons (Fsp3) is 0.333. The SMILES string of the molecule is CC1(C)C2=Cc3ccccc3C2C(C)(C)C2=C1c1cc(Br)ccc1C2. The van der Waals surface area contributed by atoms with Crippen molar-refractivity contribution in [1.29, 1.82) is 0 Å². The molecule has 0 heterocycles. The Morgan fingerprint density at radius 2 is 1.76 bits per heavy atom. The zero-order chi connectivity index (χ0) is 17.6. The van der Waals surface area contributed by atoms with Crippen LogP contribution in [-0.2, 0) is 6.42 Å². The first-order chi connectivity index (χ1) is 11.8. The first-order valence-electron chi connectivity index (χ1n) is 9.15. The highest BCUT2D eigenvalue weighted by Gasteiger charge is 2.53. The maximum Gasteiger partial charge on any atom is 0.0181 e. The third-order valence-corrected chi connectivity index (χ3v) is 7.28. The van der Waals surface area contributed by atoms with Crippen molar-refractivity contribution in [2.45, 2.75) is 40.0 Å². The van der Waals surface area contributed by atoms with Crippen molar-refractivity contribution in [3.8, 4) is 0 Å². The third-order valence-electron chi connectivity index (χ3n) is 6.79. The average Bonchev–Trinajstić information content (AvgIpc) is 3.13. The van der Waals surface area contributed by atoms with Crippen LogP contribution in [0, 0.1) is 10.8 Å². The molecule has 0 nitrogen and oxygen atoms in total. The molecule has 0 radical (unpaired) electrons. The number of allylic oxidation sites excluding steroid dienone is 3. The molecule has 25 heavy (non-hydrogen) atoms. The molecule has 0 fully saturated rings. The van der Waals surface area contributed by atoms with Gasteiger partial charge in [-0.25, -0.2) is 0 Å². The summed E-state index contributed by atoms with van der Waals surface area (Å²) in [6, 6.07) is 15.8. The van der Waals surface area contributed by atoms with Gasteiger partial charge in [0.05, 0.1) is 0 Å². The quantitative estimate of drug-likeness (QED) is 0.453. The molecule has 2 aromatic carbocycles. The van der Waals surface area contributed by atoms with Crippen LogP contribution < -0.4 is 0 Å². The van der Waals surface area contributed by atoms with Crippen LogP contribution in [0.25, 0.3) is 11.6 Å². The Labute approximate surface area is 158 Å². The lowest BCUT2D eigenvalue weighted by Crippen LogP contribution is -2.36. The Hall–Kier alpha value is -1.60. The molecule has 0 bridgehead atoms. The number of halogens is 1. The highest BCUT2D eigenvalue weighted by atomic mass is 79.9. The Balaban J connectivity index is 1.81. The average molecular weight is 391 g/mol. The van der Waals surface area contributed by atoms with E-state index >= 15 is 0 Å². The van der Waals surface area contributed by atoms with Crippen molar-refractivity contribution in [1.82, 2.24) is 0 Å². The van der Waals surface area contributed by atoms with E-state index in [4.69, 9.17) is 0 Å². The predicted octanol–water partition coefficient (Wildman–Crippen LogP) is 7.01. The first-order valence-corrected chi connectivity index (χ1v) is 9.95. The second-order valence-corrected chi connectivity index (χ2v) is 9.76. The lowest BCUT2D eigenvalue weighted by molar-refractivity contribution is 0.328. The summed E-state index contributed by atoms with van der Waals surface area (Å²) < 4.78 is 1.18. The molecular weight excluding hydrogens is 368 g/mol. The van der Waals surface area contributed by atoms with Gasteiger partial charge in [0.2, 0.25) is 0 Å². The summed E-state index contributed by atoms with van der Waals surface area (Å²) in [5.41, 5.74) is 10.9. The molecule has 5 rings (SSSR count). The third kappa shape index (κ3) is 1.88. The van der Waals surface area contributed by atoms with Crippen LogP contribution in [-0.4, -0.2) is 0 Å². The minimum Gasteiger partial charge on any atom is -0.0619 e. The van der Waals surface area contributed by atoms with Crippen LogP contribution in [0.3, 0.4) is 0 Å². The normalized spacial score (nSPS) is 24.4. The van der Waals surface area contributed by atoms with Crippen molar-refractivity contribution >= 4 is 27.6 Å². The summed E-state index contributed by atoms with van der Waals surface area (Å²) in [5, 5.41) is 0. The molecule has 0 saturated heterocycles. The lowest BCUT2D eigenvalue weighted by Gasteiger charge is -2.48. The largest absolute Gasteiger partial charge is 0.0619 e. The minimum absolute atomic E-state index is 0.0700. The smallest absolute Gasteiger partial charge is 0.0181 e. The van der Waals surface area contributed by atoms with Gasteiger partial charge in [-0.3, -0.25) is 0 Å². The van der Waals surface area contributed by atoms with E-state index in [1.807, 2.05) is 0 Å². The fourth-order valence-electron chi connectivity index (χ4n) is 5.60. The highest BCUT2D eigenvalue weighted by molar-refractivity contribution is 9.10. The van der Waals surface area contributed by atoms with Gasteiger partial charge in [-0.05, 0) is 51.8 Å². The van der Waals surface area contributed by atoms with Gasteiger partial charge >= 0.3 is 0 Å². The summed E-state index contributed by atoms with van der Waals surface area (Å²) in [5.74, 6) is 0.496.